The predicted molar refractivity (Wildman–Crippen MR) is 59.6 cm³/mol. The average Bonchev–Trinajstić information content (AvgIpc) is 2.32. The molecule has 0 spiro atoms. The highest BCUT2D eigenvalue weighted by molar-refractivity contribution is 5.47. The quantitative estimate of drug-likeness (QED) is 0.778. The number of hydrogen-bond acceptors (Lipinski definition) is 3. The minimum absolute atomic E-state index is 0.338. The minimum Gasteiger partial charge on any atom is -0.505 e. The van der Waals surface area contributed by atoms with Crippen LogP contribution in [0.15, 0.2) is 42.7 Å². The smallest absolute Gasteiger partial charge is 0.166 e. The largest absolute Gasteiger partial charge is 0.505 e. The van der Waals surface area contributed by atoms with E-state index in [1.165, 1.54) is 12.1 Å². The number of phenolic OH excluding ortho intramolecular Hbond substituents is 1. The second-order valence-electron chi connectivity index (χ2n) is 3.38. The molecule has 2 rings (SSSR count). The summed E-state index contributed by atoms with van der Waals surface area (Å²) in [7, 11) is 0. The Morgan fingerprint density at radius 2 is 1.94 bits per heavy atom. The first-order chi connectivity index (χ1) is 7.75. The van der Waals surface area contributed by atoms with Crippen LogP contribution in [-0.4, -0.2) is 10.1 Å². The SMILES string of the molecule is Oc1ccc(NCc2ccncc2)cc1F. The van der Waals surface area contributed by atoms with Crippen molar-refractivity contribution >= 4 is 5.69 Å². The van der Waals surface area contributed by atoms with Crippen molar-refractivity contribution in [3.8, 4) is 5.75 Å². The van der Waals surface area contributed by atoms with Crippen LogP contribution in [0.25, 0.3) is 0 Å². The van der Waals surface area contributed by atoms with E-state index in [-0.39, 0.29) is 5.75 Å². The molecule has 0 amide bonds. The maximum Gasteiger partial charge on any atom is 0.166 e. The highest BCUT2D eigenvalue weighted by atomic mass is 19.1. The highest BCUT2D eigenvalue weighted by Gasteiger charge is 2.00. The molecule has 0 bridgehead atoms. The van der Waals surface area contributed by atoms with E-state index in [0.717, 1.165) is 5.56 Å². The molecule has 0 aliphatic rings. The lowest BCUT2D eigenvalue weighted by Gasteiger charge is -2.06. The summed E-state index contributed by atoms with van der Waals surface area (Å²) in [6.07, 6.45) is 3.41. The van der Waals surface area contributed by atoms with Gasteiger partial charge in [-0.15, -0.1) is 0 Å². The zero-order valence-electron chi connectivity index (χ0n) is 8.52. The van der Waals surface area contributed by atoms with E-state index in [4.69, 9.17) is 5.11 Å². The van der Waals surface area contributed by atoms with Gasteiger partial charge in [0.15, 0.2) is 11.6 Å². The summed E-state index contributed by atoms with van der Waals surface area (Å²) in [4.78, 5) is 3.91. The molecule has 0 fully saturated rings. The summed E-state index contributed by atoms with van der Waals surface area (Å²) in [6, 6.07) is 7.97. The maximum atomic E-state index is 13.0. The Bertz CT molecular complexity index is 474. The van der Waals surface area contributed by atoms with Gasteiger partial charge in [0.05, 0.1) is 0 Å². The second kappa shape index (κ2) is 4.61. The Morgan fingerprint density at radius 3 is 2.62 bits per heavy atom. The number of hydrogen-bond donors (Lipinski definition) is 2. The van der Waals surface area contributed by atoms with Gasteiger partial charge in [-0.05, 0) is 29.8 Å². The average molecular weight is 218 g/mol. The number of aromatic nitrogens is 1. The van der Waals surface area contributed by atoms with Crippen molar-refractivity contribution in [1.82, 2.24) is 4.98 Å². The van der Waals surface area contributed by atoms with E-state index in [1.807, 2.05) is 12.1 Å². The van der Waals surface area contributed by atoms with Crippen LogP contribution in [0.5, 0.6) is 5.75 Å². The molecule has 1 aromatic heterocycles. The summed E-state index contributed by atoms with van der Waals surface area (Å²) >= 11 is 0. The Morgan fingerprint density at radius 1 is 1.19 bits per heavy atom. The highest BCUT2D eigenvalue weighted by Crippen LogP contribution is 2.19. The molecule has 82 valence electrons. The van der Waals surface area contributed by atoms with E-state index >= 15 is 0 Å². The Balaban J connectivity index is 2.03. The van der Waals surface area contributed by atoms with Crippen molar-refractivity contribution in [3.05, 3.63) is 54.1 Å². The molecular formula is C12H11FN2O. The molecule has 1 heterocycles. The van der Waals surface area contributed by atoms with Gasteiger partial charge < -0.3 is 10.4 Å². The van der Waals surface area contributed by atoms with Crippen LogP contribution in [-0.2, 0) is 6.54 Å². The minimum atomic E-state index is -0.625. The van der Waals surface area contributed by atoms with Crippen molar-refractivity contribution in [2.24, 2.45) is 0 Å². The summed E-state index contributed by atoms with van der Waals surface area (Å²) in [5.41, 5.74) is 1.69. The molecule has 2 N–H and O–H groups in total. The molecule has 0 saturated heterocycles. The van der Waals surface area contributed by atoms with Crippen LogP contribution >= 0.6 is 0 Å². The summed E-state index contributed by atoms with van der Waals surface area (Å²) < 4.78 is 13.0. The van der Waals surface area contributed by atoms with Gasteiger partial charge in [0.25, 0.3) is 0 Å². The van der Waals surface area contributed by atoms with Crippen molar-refractivity contribution in [2.75, 3.05) is 5.32 Å². The molecule has 2 aromatic rings. The zero-order valence-corrected chi connectivity index (χ0v) is 8.52. The van der Waals surface area contributed by atoms with Crippen LogP contribution in [0.3, 0.4) is 0 Å². The number of aromatic hydroxyl groups is 1. The van der Waals surface area contributed by atoms with Gasteiger partial charge >= 0.3 is 0 Å². The molecule has 3 nitrogen and oxygen atoms in total. The Kier molecular flexibility index (Phi) is 3.00. The number of nitrogens with zero attached hydrogens (tertiary/aromatic N) is 1. The van der Waals surface area contributed by atoms with E-state index < -0.39 is 5.82 Å². The third kappa shape index (κ3) is 2.48. The molecule has 0 radical (unpaired) electrons. The van der Waals surface area contributed by atoms with Crippen LogP contribution < -0.4 is 5.32 Å². The summed E-state index contributed by atoms with van der Waals surface area (Å²) in [6.45, 7) is 0.590. The van der Waals surface area contributed by atoms with E-state index in [2.05, 4.69) is 10.3 Å². The topological polar surface area (TPSA) is 45.1 Å². The van der Waals surface area contributed by atoms with Gasteiger partial charge in [0.1, 0.15) is 0 Å². The molecule has 0 saturated carbocycles. The first-order valence-electron chi connectivity index (χ1n) is 4.87. The number of pyridine rings is 1. The molecule has 0 aliphatic heterocycles. The lowest BCUT2D eigenvalue weighted by Crippen LogP contribution is -1.99. The zero-order chi connectivity index (χ0) is 11.4. The van der Waals surface area contributed by atoms with Gasteiger partial charge in [-0.2, -0.15) is 0 Å². The summed E-state index contributed by atoms with van der Waals surface area (Å²) in [5.74, 6) is -0.964. The van der Waals surface area contributed by atoms with E-state index in [9.17, 15) is 4.39 Å². The molecule has 0 aliphatic carbocycles. The number of halogens is 1. The normalized spacial score (nSPS) is 10.1. The number of phenols is 1. The van der Waals surface area contributed by atoms with Gasteiger partial charge in [-0.3, -0.25) is 4.98 Å². The Labute approximate surface area is 92.6 Å². The summed E-state index contributed by atoms with van der Waals surface area (Å²) in [5, 5.41) is 12.1. The fraction of sp³-hybridized carbons (Fsp3) is 0.0833. The second-order valence-corrected chi connectivity index (χ2v) is 3.38. The molecule has 1 aromatic carbocycles. The number of anilines is 1. The first-order valence-corrected chi connectivity index (χ1v) is 4.87. The lowest BCUT2D eigenvalue weighted by molar-refractivity contribution is 0.432. The fourth-order valence-electron chi connectivity index (χ4n) is 1.32. The van der Waals surface area contributed by atoms with Crippen LogP contribution in [0.1, 0.15) is 5.56 Å². The molecule has 0 atom stereocenters. The van der Waals surface area contributed by atoms with Crippen LogP contribution in [0.2, 0.25) is 0 Å². The van der Waals surface area contributed by atoms with Crippen molar-refractivity contribution in [2.45, 2.75) is 6.54 Å². The Hall–Kier alpha value is -2.10. The van der Waals surface area contributed by atoms with Crippen LogP contribution in [0, 0.1) is 5.82 Å². The monoisotopic (exact) mass is 218 g/mol. The molecule has 16 heavy (non-hydrogen) atoms. The van der Waals surface area contributed by atoms with Crippen molar-refractivity contribution in [3.63, 3.8) is 0 Å². The van der Waals surface area contributed by atoms with Gasteiger partial charge in [-0.25, -0.2) is 4.39 Å². The maximum absolute atomic E-state index is 13.0. The van der Waals surface area contributed by atoms with Crippen molar-refractivity contribution in [1.29, 1.82) is 0 Å². The first kappa shape index (κ1) is 10.4. The van der Waals surface area contributed by atoms with E-state index in [1.54, 1.807) is 18.5 Å². The number of nitrogens with one attached hydrogen (secondary N) is 1. The standard InChI is InChI=1S/C12H11FN2O/c13-11-7-10(1-2-12(11)16)15-8-9-3-5-14-6-4-9/h1-7,15-16H,8H2. The van der Waals surface area contributed by atoms with Crippen LogP contribution in [0.4, 0.5) is 10.1 Å². The van der Waals surface area contributed by atoms with Gasteiger partial charge in [-0.1, -0.05) is 0 Å². The third-order valence-electron chi connectivity index (χ3n) is 2.19. The van der Waals surface area contributed by atoms with Crippen molar-refractivity contribution < 1.29 is 9.50 Å². The predicted octanol–water partition coefficient (Wildman–Crippen LogP) is 2.54. The molecular weight excluding hydrogens is 207 g/mol. The molecule has 4 heteroatoms. The van der Waals surface area contributed by atoms with E-state index in [0.29, 0.717) is 12.2 Å². The van der Waals surface area contributed by atoms with Gasteiger partial charge in [0.2, 0.25) is 0 Å². The third-order valence-corrected chi connectivity index (χ3v) is 2.19. The molecule has 0 unspecified atom stereocenters. The number of benzene rings is 1. The number of rotatable bonds is 3. The fourth-order valence-corrected chi connectivity index (χ4v) is 1.32. The van der Waals surface area contributed by atoms with Gasteiger partial charge in [0, 0.05) is 30.7 Å². The lowest BCUT2D eigenvalue weighted by atomic mass is 10.2.